The fourth-order valence-corrected chi connectivity index (χ4v) is 2.82. The van der Waals surface area contributed by atoms with E-state index in [-0.39, 0.29) is 12.2 Å². The van der Waals surface area contributed by atoms with Gasteiger partial charge in [-0.2, -0.15) is 0 Å². The Kier molecular flexibility index (Phi) is 6.14. The SMILES string of the molecule is Nc1ccnc(-c2cnc(CC(=O)CCCCCc3ccccc3)o2)c1. The molecule has 2 heterocycles. The van der Waals surface area contributed by atoms with E-state index < -0.39 is 0 Å². The third-order valence-electron chi connectivity index (χ3n) is 4.20. The Bertz CT molecular complexity index is 843. The van der Waals surface area contributed by atoms with E-state index in [0.717, 1.165) is 25.7 Å². The first kappa shape index (κ1) is 17.9. The summed E-state index contributed by atoms with van der Waals surface area (Å²) in [5.74, 6) is 1.11. The van der Waals surface area contributed by atoms with Crippen LogP contribution in [0.15, 0.2) is 59.3 Å². The molecule has 0 aliphatic heterocycles. The molecule has 0 spiro atoms. The average molecular weight is 349 g/mol. The maximum atomic E-state index is 12.1. The molecule has 5 nitrogen and oxygen atoms in total. The second-order valence-corrected chi connectivity index (χ2v) is 6.35. The minimum atomic E-state index is 0.152. The van der Waals surface area contributed by atoms with Crippen LogP contribution in [0.3, 0.4) is 0 Å². The largest absolute Gasteiger partial charge is 0.439 e. The van der Waals surface area contributed by atoms with E-state index in [1.807, 2.05) is 6.07 Å². The minimum Gasteiger partial charge on any atom is -0.439 e. The van der Waals surface area contributed by atoms with Crippen LogP contribution in [0.5, 0.6) is 0 Å². The molecule has 26 heavy (non-hydrogen) atoms. The number of pyridine rings is 1. The summed E-state index contributed by atoms with van der Waals surface area (Å²) >= 11 is 0. The smallest absolute Gasteiger partial charge is 0.202 e. The zero-order valence-electron chi connectivity index (χ0n) is 14.7. The summed E-state index contributed by atoms with van der Waals surface area (Å²) in [5.41, 5.74) is 8.33. The zero-order valence-corrected chi connectivity index (χ0v) is 14.7. The molecule has 0 bridgehead atoms. The summed E-state index contributed by atoms with van der Waals surface area (Å²) < 4.78 is 5.63. The topological polar surface area (TPSA) is 82.0 Å². The van der Waals surface area contributed by atoms with Gasteiger partial charge in [0.1, 0.15) is 11.5 Å². The first-order valence-electron chi connectivity index (χ1n) is 8.93. The number of anilines is 1. The lowest BCUT2D eigenvalue weighted by Crippen LogP contribution is -2.02. The lowest BCUT2D eigenvalue weighted by molar-refractivity contribution is -0.118. The van der Waals surface area contributed by atoms with Crippen molar-refractivity contribution in [2.24, 2.45) is 0 Å². The molecule has 1 aromatic carbocycles. The van der Waals surface area contributed by atoms with Gasteiger partial charge >= 0.3 is 0 Å². The van der Waals surface area contributed by atoms with E-state index in [1.165, 1.54) is 5.56 Å². The van der Waals surface area contributed by atoms with Crippen LogP contribution in [0.2, 0.25) is 0 Å². The van der Waals surface area contributed by atoms with Crippen molar-refractivity contribution in [3.05, 3.63) is 66.3 Å². The lowest BCUT2D eigenvalue weighted by atomic mass is 10.0. The van der Waals surface area contributed by atoms with Gasteiger partial charge in [-0.3, -0.25) is 9.78 Å². The van der Waals surface area contributed by atoms with Crippen molar-refractivity contribution in [3.63, 3.8) is 0 Å². The Balaban J connectivity index is 1.40. The summed E-state index contributed by atoms with van der Waals surface area (Å²) in [6.45, 7) is 0. The van der Waals surface area contributed by atoms with Crippen LogP contribution < -0.4 is 5.73 Å². The number of aryl methyl sites for hydroxylation is 1. The molecule has 3 aromatic rings. The molecular weight excluding hydrogens is 326 g/mol. The number of hydrogen-bond acceptors (Lipinski definition) is 5. The van der Waals surface area contributed by atoms with Gasteiger partial charge in [-0.1, -0.05) is 36.8 Å². The molecule has 0 radical (unpaired) electrons. The minimum absolute atomic E-state index is 0.152. The Hall–Kier alpha value is -2.95. The molecule has 5 heteroatoms. The van der Waals surface area contributed by atoms with Gasteiger partial charge in [-0.15, -0.1) is 0 Å². The fourth-order valence-electron chi connectivity index (χ4n) is 2.82. The van der Waals surface area contributed by atoms with E-state index in [0.29, 0.717) is 29.5 Å². The van der Waals surface area contributed by atoms with Crippen molar-refractivity contribution in [1.82, 2.24) is 9.97 Å². The maximum absolute atomic E-state index is 12.1. The number of carbonyl (C=O) groups is 1. The highest BCUT2D eigenvalue weighted by Gasteiger charge is 2.11. The first-order valence-corrected chi connectivity index (χ1v) is 8.93. The molecular formula is C21H23N3O2. The Morgan fingerprint density at radius 1 is 1.04 bits per heavy atom. The number of aromatic nitrogens is 2. The van der Waals surface area contributed by atoms with Gasteiger partial charge in [-0.25, -0.2) is 4.98 Å². The van der Waals surface area contributed by atoms with E-state index in [1.54, 1.807) is 24.5 Å². The summed E-state index contributed by atoms with van der Waals surface area (Å²) in [4.78, 5) is 20.5. The van der Waals surface area contributed by atoms with Crippen LogP contribution in [-0.4, -0.2) is 15.8 Å². The normalized spacial score (nSPS) is 10.8. The molecule has 2 N–H and O–H groups in total. The van der Waals surface area contributed by atoms with Gasteiger partial charge in [0.15, 0.2) is 5.76 Å². The number of rotatable bonds is 9. The number of hydrogen-bond donors (Lipinski definition) is 1. The summed E-state index contributed by atoms with van der Waals surface area (Å²) in [5, 5.41) is 0. The van der Waals surface area contributed by atoms with E-state index in [4.69, 9.17) is 10.2 Å². The van der Waals surface area contributed by atoms with Crippen LogP contribution in [-0.2, 0) is 17.6 Å². The molecule has 0 fully saturated rings. The monoisotopic (exact) mass is 349 g/mol. The average Bonchev–Trinajstić information content (AvgIpc) is 3.11. The molecule has 3 rings (SSSR count). The molecule has 0 atom stereocenters. The number of Topliss-reactive ketones (excluding diaryl/α,β-unsaturated/α-hetero) is 1. The van der Waals surface area contributed by atoms with E-state index >= 15 is 0 Å². The van der Waals surface area contributed by atoms with Gasteiger partial charge in [0.05, 0.1) is 12.6 Å². The number of nitrogens with zero attached hydrogens (tertiary/aromatic N) is 2. The van der Waals surface area contributed by atoms with Crippen molar-refractivity contribution in [1.29, 1.82) is 0 Å². The van der Waals surface area contributed by atoms with Crippen molar-refractivity contribution in [3.8, 4) is 11.5 Å². The predicted octanol–water partition coefficient (Wildman–Crippen LogP) is 4.23. The molecule has 0 aliphatic carbocycles. The number of unbranched alkanes of at least 4 members (excludes halogenated alkanes) is 2. The van der Waals surface area contributed by atoms with Crippen LogP contribution in [0.1, 0.15) is 37.1 Å². The van der Waals surface area contributed by atoms with Crippen molar-refractivity contribution < 1.29 is 9.21 Å². The second kappa shape index (κ2) is 8.94. The second-order valence-electron chi connectivity index (χ2n) is 6.35. The highest BCUT2D eigenvalue weighted by atomic mass is 16.4. The summed E-state index contributed by atoms with van der Waals surface area (Å²) in [7, 11) is 0. The van der Waals surface area contributed by atoms with Crippen molar-refractivity contribution in [2.45, 2.75) is 38.5 Å². The van der Waals surface area contributed by atoms with Crippen LogP contribution in [0.25, 0.3) is 11.5 Å². The number of benzene rings is 1. The number of ketones is 1. The van der Waals surface area contributed by atoms with Crippen LogP contribution in [0.4, 0.5) is 5.69 Å². The lowest BCUT2D eigenvalue weighted by Gasteiger charge is -2.01. The zero-order chi connectivity index (χ0) is 18.2. The van der Waals surface area contributed by atoms with Crippen LogP contribution in [0, 0.1) is 0 Å². The molecule has 0 saturated heterocycles. The first-order chi connectivity index (χ1) is 12.7. The van der Waals surface area contributed by atoms with Gasteiger partial charge in [0.25, 0.3) is 0 Å². The number of nitrogen functional groups attached to an aromatic ring is 1. The van der Waals surface area contributed by atoms with Crippen LogP contribution >= 0.6 is 0 Å². The van der Waals surface area contributed by atoms with Crippen molar-refractivity contribution in [2.75, 3.05) is 5.73 Å². The standard InChI is InChI=1S/C21H23N3O2/c22-17-11-12-23-19(13-17)20-15-24-21(26-20)14-18(25)10-6-2-5-9-16-7-3-1-4-8-16/h1,3-4,7-8,11-13,15H,2,5-6,9-10,14H2,(H2,22,23). The molecule has 0 unspecified atom stereocenters. The maximum Gasteiger partial charge on any atom is 0.202 e. The van der Waals surface area contributed by atoms with Gasteiger partial charge in [0.2, 0.25) is 5.89 Å². The highest BCUT2D eigenvalue weighted by Crippen LogP contribution is 2.20. The third-order valence-corrected chi connectivity index (χ3v) is 4.20. The van der Waals surface area contributed by atoms with Gasteiger partial charge in [-0.05, 0) is 37.0 Å². The molecule has 2 aromatic heterocycles. The quantitative estimate of drug-likeness (QED) is 0.585. The summed E-state index contributed by atoms with van der Waals surface area (Å²) in [6, 6.07) is 13.9. The highest BCUT2D eigenvalue weighted by molar-refractivity contribution is 5.80. The molecule has 0 aliphatic rings. The number of nitrogens with two attached hydrogens (primary N) is 1. The molecule has 0 saturated carbocycles. The Labute approximate surface area is 153 Å². The Morgan fingerprint density at radius 2 is 1.88 bits per heavy atom. The number of oxazole rings is 1. The fraction of sp³-hybridized carbons (Fsp3) is 0.286. The van der Waals surface area contributed by atoms with E-state index in [9.17, 15) is 4.79 Å². The van der Waals surface area contributed by atoms with Gasteiger partial charge < -0.3 is 10.2 Å². The Morgan fingerprint density at radius 3 is 2.69 bits per heavy atom. The van der Waals surface area contributed by atoms with Gasteiger partial charge in [0, 0.05) is 18.3 Å². The van der Waals surface area contributed by atoms with Crippen molar-refractivity contribution >= 4 is 11.5 Å². The predicted molar refractivity (Wildman–Crippen MR) is 101 cm³/mol. The molecule has 0 amide bonds. The third kappa shape index (κ3) is 5.28. The summed E-state index contributed by atoms with van der Waals surface area (Å²) in [6.07, 6.45) is 8.09. The van der Waals surface area contributed by atoms with E-state index in [2.05, 4.69) is 34.2 Å². The number of carbonyl (C=O) groups excluding carboxylic acids is 1. The molecule has 134 valence electrons.